The van der Waals surface area contributed by atoms with Crippen LogP contribution in [0.15, 0.2) is 24.3 Å². The predicted octanol–water partition coefficient (Wildman–Crippen LogP) is 3.54. The van der Waals surface area contributed by atoms with Crippen LogP contribution < -0.4 is 5.73 Å². The normalized spacial score (nSPS) is 11.8. The predicted molar refractivity (Wildman–Crippen MR) is 71.6 cm³/mol. The first-order valence-electron chi connectivity index (χ1n) is 5.61. The molecule has 0 fully saturated rings. The molecule has 0 atom stereocenters. The molecular weight excluding hydrogens is 253 g/mol. The summed E-state index contributed by atoms with van der Waals surface area (Å²) in [4.78, 5) is 0. The third-order valence-electron chi connectivity index (χ3n) is 2.65. The van der Waals surface area contributed by atoms with Gasteiger partial charge in [-0.3, -0.25) is 0 Å². The van der Waals surface area contributed by atoms with Gasteiger partial charge in [-0.05, 0) is 12.1 Å². The molecule has 1 aromatic carbocycles. The summed E-state index contributed by atoms with van der Waals surface area (Å²) in [7, 11) is 0. The van der Waals surface area contributed by atoms with Crippen molar-refractivity contribution in [2.24, 2.45) is 0 Å². The van der Waals surface area contributed by atoms with Gasteiger partial charge in [0.25, 0.3) is 0 Å². The van der Waals surface area contributed by atoms with Gasteiger partial charge in [0, 0.05) is 11.5 Å². The quantitative estimate of drug-likeness (QED) is 0.859. The van der Waals surface area contributed by atoms with Crippen molar-refractivity contribution < 1.29 is 4.39 Å². The fraction of sp³-hybridized carbons (Fsp3) is 0.308. The van der Waals surface area contributed by atoms with E-state index in [0.717, 1.165) is 5.69 Å². The number of benzene rings is 1. The van der Waals surface area contributed by atoms with Crippen LogP contribution >= 0.6 is 11.6 Å². The van der Waals surface area contributed by atoms with Crippen LogP contribution in [-0.2, 0) is 5.41 Å². The van der Waals surface area contributed by atoms with E-state index in [1.807, 2.05) is 20.8 Å². The highest BCUT2D eigenvalue weighted by atomic mass is 35.5. The highest BCUT2D eigenvalue weighted by Gasteiger charge is 2.21. The highest BCUT2D eigenvalue weighted by Crippen LogP contribution is 2.29. The van der Waals surface area contributed by atoms with E-state index in [9.17, 15) is 4.39 Å². The largest absolute Gasteiger partial charge is 0.384 e. The summed E-state index contributed by atoms with van der Waals surface area (Å²) in [6.45, 7) is 6.05. The van der Waals surface area contributed by atoms with Crippen molar-refractivity contribution in [2.45, 2.75) is 26.2 Å². The zero-order valence-corrected chi connectivity index (χ0v) is 11.3. The van der Waals surface area contributed by atoms with Crippen molar-refractivity contribution >= 4 is 17.4 Å². The fourth-order valence-electron chi connectivity index (χ4n) is 1.63. The topological polar surface area (TPSA) is 43.8 Å². The average molecular weight is 268 g/mol. The minimum absolute atomic E-state index is 0.156. The second-order valence-electron chi connectivity index (χ2n) is 5.19. The number of para-hydroxylation sites is 1. The number of hydrogen-bond acceptors (Lipinski definition) is 2. The molecule has 0 saturated heterocycles. The van der Waals surface area contributed by atoms with Gasteiger partial charge in [-0.1, -0.05) is 38.4 Å². The lowest BCUT2D eigenvalue weighted by Gasteiger charge is -2.14. The van der Waals surface area contributed by atoms with Crippen LogP contribution in [0.25, 0.3) is 5.69 Å². The SMILES string of the molecule is CC(C)(C)c1cc(N)n(-c2c(F)cccc2Cl)n1. The first-order chi connectivity index (χ1) is 8.30. The minimum Gasteiger partial charge on any atom is -0.384 e. The van der Waals surface area contributed by atoms with E-state index in [4.69, 9.17) is 17.3 Å². The molecule has 18 heavy (non-hydrogen) atoms. The molecule has 5 heteroatoms. The van der Waals surface area contributed by atoms with Crippen molar-refractivity contribution in [1.29, 1.82) is 0 Å². The first-order valence-corrected chi connectivity index (χ1v) is 5.99. The molecule has 0 aliphatic carbocycles. The summed E-state index contributed by atoms with van der Waals surface area (Å²) in [6.07, 6.45) is 0. The Balaban J connectivity index is 2.62. The molecule has 2 N–H and O–H groups in total. The lowest BCUT2D eigenvalue weighted by Crippen LogP contribution is -2.13. The molecule has 0 bridgehead atoms. The number of rotatable bonds is 1. The third kappa shape index (κ3) is 2.20. The summed E-state index contributed by atoms with van der Waals surface area (Å²) < 4.78 is 15.2. The molecule has 0 spiro atoms. The van der Waals surface area contributed by atoms with Crippen molar-refractivity contribution in [3.05, 3.63) is 40.8 Å². The molecule has 1 aromatic heterocycles. The Kier molecular flexibility index (Phi) is 3.07. The zero-order valence-electron chi connectivity index (χ0n) is 10.5. The van der Waals surface area contributed by atoms with Gasteiger partial charge in [-0.2, -0.15) is 5.10 Å². The summed E-state index contributed by atoms with van der Waals surface area (Å²) in [6, 6.07) is 6.23. The van der Waals surface area contributed by atoms with Crippen LogP contribution in [0.3, 0.4) is 0 Å². The van der Waals surface area contributed by atoms with Crippen LogP contribution in [0.5, 0.6) is 0 Å². The van der Waals surface area contributed by atoms with Crippen LogP contribution in [0.2, 0.25) is 5.02 Å². The molecule has 1 heterocycles. The van der Waals surface area contributed by atoms with Gasteiger partial charge in [-0.25, -0.2) is 9.07 Å². The van der Waals surface area contributed by atoms with E-state index in [0.29, 0.717) is 5.82 Å². The van der Waals surface area contributed by atoms with E-state index >= 15 is 0 Å². The lowest BCUT2D eigenvalue weighted by atomic mass is 9.92. The smallest absolute Gasteiger partial charge is 0.150 e. The van der Waals surface area contributed by atoms with Gasteiger partial charge in [0.2, 0.25) is 0 Å². The molecule has 0 unspecified atom stereocenters. The van der Waals surface area contributed by atoms with E-state index in [1.165, 1.54) is 10.7 Å². The minimum atomic E-state index is -0.447. The number of hydrogen-bond donors (Lipinski definition) is 1. The molecular formula is C13H15ClFN3. The summed E-state index contributed by atoms with van der Waals surface area (Å²) in [5, 5.41) is 4.62. The summed E-state index contributed by atoms with van der Waals surface area (Å²) >= 11 is 6.00. The van der Waals surface area contributed by atoms with E-state index < -0.39 is 5.82 Å². The number of nitrogens with zero attached hydrogens (tertiary/aromatic N) is 2. The van der Waals surface area contributed by atoms with Crippen molar-refractivity contribution in [3.63, 3.8) is 0 Å². The second-order valence-corrected chi connectivity index (χ2v) is 5.59. The Morgan fingerprint density at radius 3 is 2.50 bits per heavy atom. The highest BCUT2D eigenvalue weighted by molar-refractivity contribution is 6.32. The Morgan fingerprint density at radius 1 is 1.33 bits per heavy atom. The zero-order chi connectivity index (χ0) is 13.5. The molecule has 0 aliphatic rings. The van der Waals surface area contributed by atoms with E-state index in [1.54, 1.807) is 18.2 Å². The first kappa shape index (κ1) is 12.9. The van der Waals surface area contributed by atoms with Gasteiger partial charge < -0.3 is 5.73 Å². The second kappa shape index (κ2) is 4.28. The lowest BCUT2D eigenvalue weighted by molar-refractivity contribution is 0.555. The molecule has 0 amide bonds. The Labute approximate surface area is 110 Å². The molecule has 2 aromatic rings. The van der Waals surface area contributed by atoms with Crippen LogP contribution in [0.1, 0.15) is 26.5 Å². The molecule has 0 aliphatic heterocycles. The van der Waals surface area contributed by atoms with Crippen LogP contribution in [0.4, 0.5) is 10.2 Å². The standard InChI is InChI=1S/C13H15ClFN3/c1-13(2,3)10-7-11(16)18(17-10)12-8(14)5-4-6-9(12)15/h4-7H,16H2,1-3H3. The maximum atomic E-state index is 13.8. The van der Waals surface area contributed by atoms with E-state index in [-0.39, 0.29) is 16.1 Å². The Morgan fingerprint density at radius 2 is 2.00 bits per heavy atom. The number of anilines is 1. The fourth-order valence-corrected chi connectivity index (χ4v) is 1.88. The van der Waals surface area contributed by atoms with Gasteiger partial charge in [0.05, 0.1) is 10.7 Å². The van der Waals surface area contributed by atoms with Crippen molar-refractivity contribution in [3.8, 4) is 5.69 Å². The summed E-state index contributed by atoms with van der Waals surface area (Å²) in [5.41, 5.74) is 6.71. The van der Waals surface area contributed by atoms with Crippen molar-refractivity contribution in [2.75, 3.05) is 5.73 Å². The van der Waals surface area contributed by atoms with Crippen LogP contribution in [0, 0.1) is 5.82 Å². The molecule has 3 nitrogen and oxygen atoms in total. The number of aromatic nitrogens is 2. The average Bonchev–Trinajstić information content (AvgIpc) is 2.60. The number of nitrogens with two attached hydrogens (primary N) is 1. The van der Waals surface area contributed by atoms with Gasteiger partial charge in [0.15, 0.2) is 0 Å². The van der Waals surface area contributed by atoms with Gasteiger partial charge >= 0.3 is 0 Å². The monoisotopic (exact) mass is 267 g/mol. The molecule has 2 rings (SSSR count). The maximum absolute atomic E-state index is 13.8. The summed E-state index contributed by atoms with van der Waals surface area (Å²) in [5.74, 6) is -0.0790. The van der Waals surface area contributed by atoms with Crippen LogP contribution in [-0.4, -0.2) is 9.78 Å². The van der Waals surface area contributed by atoms with E-state index in [2.05, 4.69) is 5.10 Å². The van der Waals surface area contributed by atoms with Gasteiger partial charge in [-0.15, -0.1) is 0 Å². The Hall–Kier alpha value is -1.55. The number of halogens is 2. The Bertz CT molecular complexity index is 564. The maximum Gasteiger partial charge on any atom is 0.150 e. The molecule has 96 valence electrons. The molecule has 0 radical (unpaired) electrons. The number of nitrogen functional groups attached to an aromatic ring is 1. The third-order valence-corrected chi connectivity index (χ3v) is 2.96. The molecule has 0 saturated carbocycles. The van der Waals surface area contributed by atoms with Gasteiger partial charge in [0.1, 0.15) is 17.3 Å². The van der Waals surface area contributed by atoms with Crippen molar-refractivity contribution in [1.82, 2.24) is 9.78 Å².